The van der Waals surface area contributed by atoms with Crippen LogP contribution in [-0.4, -0.2) is 36.1 Å². The van der Waals surface area contributed by atoms with Gasteiger partial charge < -0.3 is 5.32 Å². The Kier molecular flexibility index (Phi) is 3.83. The van der Waals surface area contributed by atoms with Crippen LogP contribution in [0, 0.1) is 5.41 Å². The summed E-state index contributed by atoms with van der Waals surface area (Å²) in [6.45, 7) is 17.6. The van der Waals surface area contributed by atoms with Crippen molar-refractivity contribution in [2.24, 2.45) is 5.41 Å². The van der Waals surface area contributed by atoms with E-state index in [1.165, 1.54) is 19.5 Å². The molecule has 1 unspecified atom stereocenters. The average Bonchev–Trinajstić information content (AvgIpc) is 1.99. The summed E-state index contributed by atoms with van der Waals surface area (Å²) in [7, 11) is 0. The molecular formula is C13H28N2. The van der Waals surface area contributed by atoms with Gasteiger partial charge in [0.2, 0.25) is 0 Å². The third kappa shape index (κ3) is 4.12. The van der Waals surface area contributed by atoms with Crippen molar-refractivity contribution in [1.82, 2.24) is 10.2 Å². The van der Waals surface area contributed by atoms with Gasteiger partial charge in [0.05, 0.1) is 0 Å². The lowest BCUT2D eigenvalue weighted by atomic mass is 9.80. The second-order valence-electron chi connectivity index (χ2n) is 6.85. The highest BCUT2D eigenvalue weighted by molar-refractivity contribution is 4.90. The molecule has 1 atom stereocenters. The third-order valence-corrected chi connectivity index (χ3v) is 3.19. The van der Waals surface area contributed by atoms with Gasteiger partial charge in [-0.3, -0.25) is 4.90 Å². The monoisotopic (exact) mass is 212 g/mol. The highest BCUT2D eigenvalue weighted by Crippen LogP contribution is 2.31. The fraction of sp³-hybridized carbons (Fsp3) is 1.00. The standard InChI is InChI=1S/C13H28N2/c1-11-9-15(8-7-14-11)13(5,6)10-12(2,3)4/h11,14H,7-10H2,1-6H3. The molecule has 1 saturated heterocycles. The van der Waals surface area contributed by atoms with Gasteiger partial charge >= 0.3 is 0 Å². The molecule has 0 aliphatic carbocycles. The van der Waals surface area contributed by atoms with Crippen LogP contribution in [0.4, 0.5) is 0 Å². The van der Waals surface area contributed by atoms with E-state index in [1.54, 1.807) is 0 Å². The van der Waals surface area contributed by atoms with Crippen molar-refractivity contribution in [3.05, 3.63) is 0 Å². The Morgan fingerprint density at radius 2 is 1.80 bits per heavy atom. The molecule has 0 spiro atoms. The van der Waals surface area contributed by atoms with Crippen LogP contribution < -0.4 is 5.32 Å². The van der Waals surface area contributed by atoms with E-state index in [1.807, 2.05) is 0 Å². The van der Waals surface area contributed by atoms with Gasteiger partial charge in [-0.25, -0.2) is 0 Å². The maximum Gasteiger partial charge on any atom is 0.0167 e. The largest absolute Gasteiger partial charge is 0.312 e. The highest BCUT2D eigenvalue weighted by atomic mass is 15.2. The SMILES string of the molecule is CC1CN(C(C)(C)CC(C)(C)C)CCN1. The second-order valence-corrected chi connectivity index (χ2v) is 6.85. The van der Waals surface area contributed by atoms with E-state index in [0.717, 1.165) is 6.54 Å². The van der Waals surface area contributed by atoms with Gasteiger partial charge in [-0.05, 0) is 32.6 Å². The van der Waals surface area contributed by atoms with Crippen molar-refractivity contribution in [3.8, 4) is 0 Å². The molecular weight excluding hydrogens is 184 g/mol. The van der Waals surface area contributed by atoms with Gasteiger partial charge in [0, 0.05) is 31.2 Å². The maximum absolute atomic E-state index is 3.51. The maximum atomic E-state index is 3.51. The van der Waals surface area contributed by atoms with Gasteiger partial charge in [0.15, 0.2) is 0 Å². The van der Waals surface area contributed by atoms with E-state index in [2.05, 4.69) is 51.8 Å². The van der Waals surface area contributed by atoms with E-state index >= 15 is 0 Å². The Labute approximate surface area is 95.4 Å². The Morgan fingerprint density at radius 1 is 1.20 bits per heavy atom. The molecule has 1 rings (SSSR count). The van der Waals surface area contributed by atoms with Crippen LogP contribution in [-0.2, 0) is 0 Å². The summed E-state index contributed by atoms with van der Waals surface area (Å²) < 4.78 is 0. The van der Waals surface area contributed by atoms with E-state index < -0.39 is 0 Å². The number of rotatable bonds is 2. The van der Waals surface area contributed by atoms with Crippen LogP contribution in [0.3, 0.4) is 0 Å². The lowest BCUT2D eigenvalue weighted by molar-refractivity contribution is 0.0526. The zero-order chi connectivity index (χ0) is 11.7. The Balaban J connectivity index is 2.59. The fourth-order valence-electron chi connectivity index (χ4n) is 2.89. The molecule has 0 saturated carbocycles. The van der Waals surface area contributed by atoms with Gasteiger partial charge in [-0.15, -0.1) is 0 Å². The molecule has 0 amide bonds. The van der Waals surface area contributed by atoms with Gasteiger partial charge in [0.1, 0.15) is 0 Å². The normalized spacial score (nSPS) is 25.6. The summed E-state index contributed by atoms with van der Waals surface area (Å²) in [5, 5.41) is 3.51. The molecule has 1 N–H and O–H groups in total. The summed E-state index contributed by atoms with van der Waals surface area (Å²) in [6.07, 6.45) is 1.26. The van der Waals surface area contributed by atoms with Gasteiger partial charge in [-0.1, -0.05) is 20.8 Å². The smallest absolute Gasteiger partial charge is 0.0167 e. The Hall–Kier alpha value is -0.0800. The zero-order valence-electron chi connectivity index (χ0n) is 11.4. The predicted octanol–water partition coefficient (Wildman–Crippen LogP) is 2.49. The molecule has 1 aliphatic heterocycles. The number of hydrogen-bond acceptors (Lipinski definition) is 2. The fourth-order valence-corrected chi connectivity index (χ4v) is 2.89. The van der Waals surface area contributed by atoms with E-state index in [0.29, 0.717) is 17.0 Å². The molecule has 1 heterocycles. The van der Waals surface area contributed by atoms with Crippen LogP contribution in [0.25, 0.3) is 0 Å². The Morgan fingerprint density at radius 3 is 2.27 bits per heavy atom. The highest BCUT2D eigenvalue weighted by Gasteiger charge is 2.33. The summed E-state index contributed by atoms with van der Waals surface area (Å²) in [5.74, 6) is 0. The summed E-state index contributed by atoms with van der Waals surface area (Å²) in [4.78, 5) is 2.64. The first-order valence-corrected chi connectivity index (χ1v) is 6.19. The molecule has 0 radical (unpaired) electrons. The molecule has 90 valence electrons. The minimum absolute atomic E-state index is 0.328. The lowest BCUT2D eigenvalue weighted by Crippen LogP contribution is -2.57. The summed E-state index contributed by atoms with van der Waals surface area (Å²) >= 11 is 0. The van der Waals surface area contributed by atoms with Crippen LogP contribution >= 0.6 is 0 Å². The van der Waals surface area contributed by atoms with E-state index in [4.69, 9.17) is 0 Å². The molecule has 0 aromatic heterocycles. The first-order chi connectivity index (χ1) is 6.71. The minimum atomic E-state index is 0.328. The zero-order valence-corrected chi connectivity index (χ0v) is 11.4. The lowest BCUT2D eigenvalue weighted by Gasteiger charge is -2.46. The van der Waals surface area contributed by atoms with Crippen molar-refractivity contribution in [3.63, 3.8) is 0 Å². The molecule has 15 heavy (non-hydrogen) atoms. The van der Waals surface area contributed by atoms with Crippen molar-refractivity contribution in [2.75, 3.05) is 19.6 Å². The first kappa shape index (κ1) is 13.0. The molecule has 1 aliphatic rings. The average molecular weight is 212 g/mol. The predicted molar refractivity (Wildman–Crippen MR) is 67.2 cm³/mol. The number of hydrogen-bond donors (Lipinski definition) is 1. The molecule has 0 bridgehead atoms. The molecule has 2 heteroatoms. The topological polar surface area (TPSA) is 15.3 Å². The Bertz CT molecular complexity index is 203. The quantitative estimate of drug-likeness (QED) is 0.756. The van der Waals surface area contributed by atoms with Crippen molar-refractivity contribution in [2.45, 2.75) is 59.5 Å². The number of piperazine rings is 1. The minimum Gasteiger partial charge on any atom is -0.312 e. The first-order valence-electron chi connectivity index (χ1n) is 6.19. The third-order valence-electron chi connectivity index (χ3n) is 3.19. The van der Waals surface area contributed by atoms with Crippen molar-refractivity contribution in [1.29, 1.82) is 0 Å². The van der Waals surface area contributed by atoms with Crippen molar-refractivity contribution < 1.29 is 0 Å². The molecule has 1 fully saturated rings. The van der Waals surface area contributed by atoms with Crippen LogP contribution in [0.1, 0.15) is 48.0 Å². The van der Waals surface area contributed by atoms with Gasteiger partial charge in [-0.2, -0.15) is 0 Å². The van der Waals surface area contributed by atoms with Crippen LogP contribution in [0.2, 0.25) is 0 Å². The summed E-state index contributed by atoms with van der Waals surface area (Å²) in [6, 6.07) is 0.637. The van der Waals surface area contributed by atoms with Crippen molar-refractivity contribution >= 4 is 0 Å². The molecule has 0 aromatic rings. The second kappa shape index (κ2) is 4.42. The van der Waals surface area contributed by atoms with E-state index in [-0.39, 0.29) is 0 Å². The van der Waals surface area contributed by atoms with Gasteiger partial charge in [0.25, 0.3) is 0 Å². The molecule has 2 nitrogen and oxygen atoms in total. The van der Waals surface area contributed by atoms with Crippen LogP contribution in [0.5, 0.6) is 0 Å². The molecule has 0 aromatic carbocycles. The number of nitrogens with zero attached hydrogens (tertiary/aromatic N) is 1. The number of nitrogens with one attached hydrogen (secondary N) is 1. The van der Waals surface area contributed by atoms with Crippen LogP contribution in [0.15, 0.2) is 0 Å². The summed E-state index contributed by atoms with van der Waals surface area (Å²) in [5.41, 5.74) is 0.742. The van der Waals surface area contributed by atoms with E-state index in [9.17, 15) is 0 Å².